The van der Waals surface area contributed by atoms with Gasteiger partial charge in [-0.25, -0.2) is 0 Å². The van der Waals surface area contributed by atoms with E-state index in [0.29, 0.717) is 13.0 Å². The van der Waals surface area contributed by atoms with Crippen LogP contribution in [0.3, 0.4) is 0 Å². The van der Waals surface area contributed by atoms with Gasteiger partial charge in [-0.3, -0.25) is 0 Å². The van der Waals surface area contributed by atoms with Gasteiger partial charge >= 0.3 is 29.6 Å². The van der Waals surface area contributed by atoms with Gasteiger partial charge in [-0.15, -0.1) is 13.0 Å². The van der Waals surface area contributed by atoms with Gasteiger partial charge in [0.15, 0.2) is 0 Å². The fourth-order valence-corrected chi connectivity index (χ4v) is 0.262. The molecule has 0 aliphatic heterocycles. The first-order valence-corrected chi connectivity index (χ1v) is 2.51. The van der Waals surface area contributed by atoms with Crippen LogP contribution in [0, 0.1) is 6.92 Å². The minimum absolute atomic E-state index is 0. The van der Waals surface area contributed by atoms with Gasteiger partial charge in [0, 0.05) is 0 Å². The molecule has 0 saturated heterocycles. The molecule has 0 spiro atoms. The van der Waals surface area contributed by atoms with Crippen molar-refractivity contribution < 1.29 is 39.4 Å². The fourth-order valence-electron chi connectivity index (χ4n) is 0.262. The number of rotatable bonds is 4. The molecule has 0 saturated carbocycles. The van der Waals surface area contributed by atoms with Gasteiger partial charge in [-0.2, -0.15) is 0 Å². The zero-order valence-corrected chi connectivity index (χ0v) is 7.84. The van der Waals surface area contributed by atoms with Crippen LogP contribution < -0.4 is 29.6 Å². The average molecular weight is 138 g/mol. The quantitative estimate of drug-likeness (QED) is 0.205. The summed E-state index contributed by atoms with van der Waals surface area (Å²) in [4.78, 5) is 0. The molecule has 9 heavy (non-hydrogen) atoms. The van der Waals surface area contributed by atoms with Crippen LogP contribution in [0.15, 0.2) is 12.7 Å². The molecular weight excluding hydrogens is 127 g/mol. The second kappa shape index (κ2) is 8.66. The Kier molecular flexibility index (Phi) is 11.9. The van der Waals surface area contributed by atoms with Crippen LogP contribution in [-0.4, -0.2) is 18.0 Å². The van der Waals surface area contributed by atoms with Gasteiger partial charge < -0.3 is 16.8 Å². The topological polar surface area (TPSA) is 29.5 Å². The fraction of sp³-hybridized carbons (Fsp3) is 0.500. The van der Waals surface area contributed by atoms with Crippen molar-refractivity contribution in [3.8, 4) is 0 Å². The van der Waals surface area contributed by atoms with E-state index < -0.39 is 6.29 Å². The van der Waals surface area contributed by atoms with Gasteiger partial charge in [0.2, 0.25) is 0 Å². The van der Waals surface area contributed by atoms with Crippen molar-refractivity contribution >= 4 is 0 Å². The summed E-state index contributed by atoms with van der Waals surface area (Å²) in [5.41, 5.74) is 0. The number of aliphatic hydroxyl groups is 1. The van der Waals surface area contributed by atoms with E-state index in [1.807, 2.05) is 0 Å². The Hall–Kier alpha value is 0.660. The molecule has 0 fully saturated rings. The zero-order chi connectivity index (χ0) is 6.41. The smallest absolute Gasteiger partial charge is 0.371 e. The van der Waals surface area contributed by atoms with Crippen LogP contribution >= 0.6 is 0 Å². The number of hydrogen-bond donors (Lipinski definition) is 1. The summed E-state index contributed by atoms with van der Waals surface area (Å²) in [5.74, 6) is 0. The molecule has 1 unspecified atom stereocenters. The predicted molar refractivity (Wildman–Crippen MR) is 32.1 cm³/mol. The summed E-state index contributed by atoms with van der Waals surface area (Å²) in [6.07, 6.45) is 1.24. The van der Waals surface area contributed by atoms with Crippen LogP contribution in [0.2, 0.25) is 0 Å². The first-order chi connectivity index (χ1) is 3.81. The molecule has 1 atom stereocenters. The van der Waals surface area contributed by atoms with E-state index in [4.69, 9.17) is 9.84 Å². The van der Waals surface area contributed by atoms with Gasteiger partial charge in [0.25, 0.3) is 0 Å². The molecule has 0 amide bonds. The molecule has 0 rings (SSSR count). The van der Waals surface area contributed by atoms with Gasteiger partial charge in [0.1, 0.15) is 6.29 Å². The maximum absolute atomic E-state index is 8.66. The Morgan fingerprint density at radius 3 is 2.67 bits per heavy atom. The first-order valence-electron chi connectivity index (χ1n) is 2.51. The average Bonchev–Trinajstić information content (AvgIpc) is 1.83. The molecule has 0 heterocycles. The summed E-state index contributed by atoms with van der Waals surface area (Å²) in [6, 6.07) is 0. The van der Waals surface area contributed by atoms with Crippen LogP contribution in [0.25, 0.3) is 0 Å². The van der Waals surface area contributed by atoms with Crippen molar-refractivity contribution in [3.63, 3.8) is 0 Å². The second-order valence-electron chi connectivity index (χ2n) is 1.37. The molecule has 1 N–H and O–H groups in total. The second-order valence-corrected chi connectivity index (χ2v) is 1.37. The molecule has 0 bridgehead atoms. The summed E-state index contributed by atoms with van der Waals surface area (Å²) in [6.45, 7) is 7.23. The Bertz CT molecular complexity index is 66.1. The summed E-state index contributed by atoms with van der Waals surface area (Å²) in [7, 11) is 0. The molecule has 3 heteroatoms. The molecule has 2 nitrogen and oxygen atoms in total. The first kappa shape index (κ1) is 12.3. The summed E-state index contributed by atoms with van der Waals surface area (Å²) >= 11 is 0. The van der Waals surface area contributed by atoms with Crippen molar-refractivity contribution in [2.75, 3.05) is 6.61 Å². The van der Waals surface area contributed by atoms with Crippen molar-refractivity contribution in [2.45, 2.75) is 12.7 Å². The minimum Gasteiger partial charge on any atom is -0.371 e. The van der Waals surface area contributed by atoms with Crippen LogP contribution in [0.5, 0.6) is 0 Å². The molecule has 0 aromatic carbocycles. The molecule has 0 aromatic heterocycles. The summed E-state index contributed by atoms with van der Waals surface area (Å²) in [5, 5.41) is 8.66. The van der Waals surface area contributed by atoms with Crippen molar-refractivity contribution in [1.29, 1.82) is 0 Å². The van der Waals surface area contributed by atoms with E-state index in [-0.39, 0.29) is 29.6 Å². The maximum Gasteiger partial charge on any atom is 1.00 e. The molecule has 0 aromatic rings. The Balaban J connectivity index is 0. The maximum atomic E-state index is 8.66. The number of ether oxygens (including phenoxy) is 1. The third-order valence-electron chi connectivity index (χ3n) is 0.653. The van der Waals surface area contributed by atoms with Gasteiger partial charge in [-0.1, -0.05) is 6.08 Å². The van der Waals surface area contributed by atoms with E-state index in [2.05, 4.69) is 13.5 Å². The van der Waals surface area contributed by atoms with E-state index in [1.54, 1.807) is 6.08 Å². The third kappa shape index (κ3) is 8.66. The molecule has 0 radical (unpaired) electrons. The van der Waals surface area contributed by atoms with Crippen LogP contribution in [0.1, 0.15) is 6.42 Å². The number of hydrogen-bond acceptors (Lipinski definition) is 2. The largest absolute Gasteiger partial charge is 1.00 e. The van der Waals surface area contributed by atoms with E-state index >= 15 is 0 Å². The Morgan fingerprint density at radius 1 is 1.78 bits per heavy atom. The molecule has 0 aliphatic carbocycles. The van der Waals surface area contributed by atoms with Gasteiger partial charge in [-0.05, 0) is 0 Å². The number of aliphatic hydroxyl groups excluding tert-OH is 1. The van der Waals surface area contributed by atoms with E-state index in [9.17, 15) is 0 Å². The predicted octanol–water partition coefficient (Wildman–Crippen LogP) is -2.26. The molecule has 48 valence electrons. The SMILES string of the molecule is C=CCOC(O)C[CH2-].[Na+]. The Morgan fingerprint density at radius 2 is 2.33 bits per heavy atom. The molecular formula is C6H11NaO2. The van der Waals surface area contributed by atoms with Gasteiger partial charge in [0.05, 0.1) is 6.61 Å². The minimum atomic E-state index is -0.729. The normalized spacial score (nSPS) is 11.8. The third-order valence-corrected chi connectivity index (χ3v) is 0.653. The monoisotopic (exact) mass is 138 g/mol. The standard InChI is InChI=1S/C6H11O2.Na/c1-3-5-8-6(7)4-2;/h3,6-7H,1-2,4-5H2;/q-1;+1. The zero-order valence-electron chi connectivity index (χ0n) is 5.84. The van der Waals surface area contributed by atoms with Crippen LogP contribution in [-0.2, 0) is 4.74 Å². The van der Waals surface area contributed by atoms with Crippen LogP contribution in [0.4, 0.5) is 0 Å². The summed E-state index contributed by atoms with van der Waals surface area (Å²) < 4.78 is 4.72. The van der Waals surface area contributed by atoms with E-state index in [0.717, 1.165) is 0 Å². The van der Waals surface area contributed by atoms with Crippen molar-refractivity contribution in [2.24, 2.45) is 0 Å². The van der Waals surface area contributed by atoms with Crippen molar-refractivity contribution in [3.05, 3.63) is 19.6 Å². The Labute approximate surface area is 78.2 Å². The van der Waals surface area contributed by atoms with E-state index in [1.165, 1.54) is 0 Å². The molecule has 0 aliphatic rings. The van der Waals surface area contributed by atoms with Crippen molar-refractivity contribution in [1.82, 2.24) is 0 Å².